The number of ether oxygens (including phenoxy) is 1. The lowest BCUT2D eigenvalue weighted by molar-refractivity contribution is 0.235. The van der Waals surface area contributed by atoms with Crippen molar-refractivity contribution in [2.75, 3.05) is 0 Å². The lowest BCUT2D eigenvalue weighted by atomic mass is 10.4. The Morgan fingerprint density at radius 2 is 2.37 bits per heavy atom. The molecule has 0 atom stereocenters. The Balaban J connectivity index is 2.06. The number of nitrogens with zero attached hydrogens (tertiary/aromatic N) is 2. The van der Waals surface area contributed by atoms with Crippen molar-refractivity contribution < 1.29 is 14.3 Å². The van der Waals surface area contributed by atoms with Gasteiger partial charge in [0.15, 0.2) is 0 Å². The summed E-state index contributed by atoms with van der Waals surface area (Å²) >= 11 is 0. The van der Waals surface area contributed by atoms with Crippen LogP contribution in [0.15, 0.2) is 34.1 Å². The molecule has 0 saturated heterocycles. The van der Waals surface area contributed by atoms with E-state index in [1.807, 2.05) is 4.57 Å². The van der Waals surface area contributed by atoms with Crippen molar-refractivity contribution in [3.8, 4) is 5.75 Å². The third kappa shape index (κ3) is 3.23. The smallest absolute Gasteiger partial charge is 0.227 e. The lowest BCUT2D eigenvalue weighted by Gasteiger charge is -2.08. The molecule has 102 valence electrons. The lowest BCUT2D eigenvalue weighted by Crippen LogP contribution is -2.10. The van der Waals surface area contributed by atoms with E-state index in [-0.39, 0.29) is 30.2 Å². The number of rotatable bonds is 6. The molecule has 19 heavy (non-hydrogen) atoms. The summed E-state index contributed by atoms with van der Waals surface area (Å²) in [5, 5.41) is 8.84. The first-order chi connectivity index (χ1) is 9.24. The fourth-order valence-corrected chi connectivity index (χ4v) is 1.69. The summed E-state index contributed by atoms with van der Waals surface area (Å²) in [5.41, 5.74) is 0.587. The van der Waals surface area contributed by atoms with Gasteiger partial charge >= 0.3 is 0 Å². The molecule has 2 heterocycles. The number of aliphatic hydroxyl groups is 1. The van der Waals surface area contributed by atoms with Crippen LogP contribution < -0.4 is 10.2 Å². The largest absolute Gasteiger partial charge is 0.480 e. The molecule has 0 aromatic carbocycles. The Labute approximate surface area is 110 Å². The van der Waals surface area contributed by atoms with Crippen molar-refractivity contribution in [3.05, 3.63) is 46.5 Å². The monoisotopic (exact) mass is 264 g/mol. The van der Waals surface area contributed by atoms with Gasteiger partial charge in [-0.25, -0.2) is 4.98 Å². The molecule has 2 rings (SSSR count). The van der Waals surface area contributed by atoms with Crippen LogP contribution in [0.2, 0.25) is 0 Å². The third-order valence-corrected chi connectivity index (χ3v) is 2.65. The zero-order valence-electron chi connectivity index (χ0n) is 10.7. The molecule has 0 fully saturated rings. The molecule has 2 aromatic rings. The van der Waals surface area contributed by atoms with Gasteiger partial charge in [0.25, 0.3) is 0 Å². The first-order valence-electron chi connectivity index (χ1n) is 6.09. The maximum Gasteiger partial charge on any atom is 0.227 e. The van der Waals surface area contributed by atoms with Crippen LogP contribution in [0.3, 0.4) is 0 Å². The predicted octanol–water partition coefficient (Wildman–Crippen LogP) is 1.32. The van der Waals surface area contributed by atoms with Crippen LogP contribution in [-0.4, -0.2) is 14.7 Å². The Morgan fingerprint density at radius 1 is 1.53 bits per heavy atom. The summed E-state index contributed by atoms with van der Waals surface area (Å²) in [6.07, 6.45) is 5.66. The van der Waals surface area contributed by atoms with Crippen molar-refractivity contribution in [2.24, 2.45) is 0 Å². The average Bonchev–Trinajstić information content (AvgIpc) is 2.85. The van der Waals surface area contributed by atoms with Gasteiger partial charge in [-0.15, -0.1) is 0 Å². The standard InChI is InChI=1S/C13H16N2O4/c1-2-3-15-9-14-5-10(15)7-19-13-8-18-11(6-16)4-12(13)17/h4-5,8-9,16H,2-3,6-7H2,1H3. The molecule has 0 aliphatic carbocycles. The molecule has 6 heteroatoms. The molecule has 1 N–H and O–H groups in total. The Kier molecular flexibility index (Phi) is 4.35. The van der Waals surface area contributed by atoms with E-state index in [0.717, 1.165) is 18.7 Å². The molecular formula is C13H16N2O4. The molecule has 2 aromatic heterocycles. The number of hydrogen-bond donors (Lipinski definition) is 1. The molecule has 0 unspecified atom stereocenters. The van der Waals surface area contributed by atoms with E-state index in [0.29, 0.717) is 0 Å². The van der Waals surface area contributed by atoms with Crippen molar-refractivity contribution in [1.29, 1.82) is 0 Å². The maximum absolute atomic E-state index is 11.7. The fourth-order valence-electron chi connectivity index (χ4n) is 1.69. The Hall–Kier alpha value is -2.08. The van der Waals surface area contributed by atoms with E-state index >= 15 is 0 Å². The zero-order valence-corrected chi connectivity index (χ0v) is 10.7. The van der Waals surface area contributed by atoms with Crippen LogP contribution in [0.4, 0.5) is 0 Å². The van der Waals surface area contributed by atoms with Crippen LogP contribution in [0.1, 0.15) is 24.8 Å². The topological polar surface area (TPSA) is 77.5 Å². The van der Waals surface area contributed by atoms with Crippen LogP contribution in [0.5, 0.6) is 5.75 Å². The second kappa shape index (κ2) is 6.19. The first-order valence-corrected chi connectivity index (χ1v) is 6.09. The predicted molar refractivity (Wildman–Crippen MR) is 67.8 cm³/mol. The maximum atomic E-state index is 11.7. The number of imidazole rings is 1. The van der Waals surface area contributed by atoms with Gasteiger partial charge in [-0.2, -0.15) is 0 Å². The summed E-state index contributed by atoms with van der Waals surface area (Å²) in [5.74, 6) is 0.342. The number of aromatic nitrogens is 2. The molecule has 0 saturated carbocycles. The zero-order chi connectivity index (χ0) is 13.7. The number of aliphatic hydroxyl groups excluding tert-OH is 1. The van der Waals surface area contributed by atoms with Gasteiger partial charge in [-0.05, 0) is 6.42 Å². The summed E-state index contributed by atoms with van der Waals surface area (Å²) in [6, 6.07) is 1.22. The van der Waals surface area contributed by atoms with Gasteiger partial charge < -0.3 is 18.8 Å². The highest BCUT2D eigenvalue weighted by Crippen LogP contribution is 2.09. The molecule has 6 nitrogen and oxygen atoms in total. The molecule has 0 spiro atoms. The molecular weight excluding hydrogens is 248 g/mol. The fraction of sp³-hybridized carbons (Fsp3) is 0.385. The van der Waals surface area contributed by atoms with Crippen LogP contribution >= 0.6 is 0 Å². The number of aryl methyl sites for hydroxylation is 1. The normalized spacial score (nSPS) is 10.6. The van der Waals surface area contributed by atoms with E-state index in [1.54, 1.807) is 12.5 Å². The van der Waals surface area contributed by atoms with Gasteiger partial charge in [0, 0.05) is 12.6 Å². The van der Waals surface area contributed by atoms with E-state index in [1.165, 1.54) is 12.3 Å². The third-order valence-electron chi connectivity index (χ3n) is 2.65. The Bertz CT molecular complexity index is 588. The summed E-state index contributed by atoms with van der Waals surface area (Å²) in [6.45, 7) is 2.88. The van der Waals surface area contributed by atoms with Crippen molar-refractivity contribution in [3.63, 3.8) is 0 Å². The van der Waals surface area contributed by atoms with Crippen LogP contribution in [0.25, 0.3) is 0 Å². The van der Waals surface area contributed by atoms with Gasteiger partial charge in [0.1, 0.15) is 25.2 Å². The SMILES string of the molecule is CCCn1cncc1COc1coc(CO)cc1=O. The van der Waals surface area contributed by atoms with Crippen LogP contribution in [-0.2, 0) is 19.8 Å². The minimum Gasteiger partial charge on any atom is -0.480 e. The summed E-state index contributed by atoms with van der Waals surface area (Å²) in [7, 11) is 0. The van der Waals surface area contributed by atoms with E-state index in [2.05, 4.69) is 11.9 Å². The van der Waals surface area contributed by atoms with E-state index in [9.17, 15) is 4.79 Å². The second-order valence-corrected chi connectivity index (χ2v) is 4.10. The summed E-state index contributed by atoms with van der Waals surface area (Å²) < 4.78 is 12.4. The molecule has 0 radical (unpaired) electrons. The minimum atomic E-state index is -0.308. The highest BCUT2D eigenvalue weighted by molar-refractivity contribution is 5.17. The van der Waals surface area contributed by atoms with Gasteiger partial charge in [0.2, 0.25) is 11.2 Å². The molecule has 0 aliphatic heterocycles. The van der Waals surface area contributed by atoms with Gasteiger partial charge in [0.05, 0.1) is 18.2 Å². The second-order valence-electron chi connectivity index (χ2n) is 4.10. The number of hydrogen-bond acceptors (Lipinski definition) is 5. The van der Waals surface area contributed by atoms with Crippen molar-refractivity contribution in [1.82, 2.24) is 9.55 Å². The summed E-state index contributed by atoms with van der Waals surface area (Å²) in [4.78, 5) is 15.7. The van der Waals surface area contributed by atoms with Crippen LogP contribution in [0, 0.1) is 0 Å². The van der Waals surface area contributed by atoms with Gasteiger partial charge in [-0.3, -0.25) is 4.79 Å². The van der Waals surface area contributed by atoms with E-state index in [4.69, 9.17) is 14.3 Å². The first kappa shape index (κ1) is 13.4. The van der Waals surface area contributed by atoms with E-state index < -0.39 is 0 Å². The highest BCUT2D eigenvalue weighted by atomic mass is 16.5. The van der Waals surface area contributed by atoms with Gasteiger partial charge in [-0.1, -0.05) is 6.92 Å². The quantitative estimate of drug-likeness (QED) is 0.851. The average molecular weight is 264 g/mol. The Morgan fingerprint density at radius 3 is 3.05 bits per heavy atom. The van der Waals surface area contributed by atoms with Crippen molar-refractivity contribution in [2.45, 2.75) is 33.1 Å². The molecule has 0 aliphatic rings. The highest BCUT2D eigenvalue weighted by Gasteiger charge is 2.07. The van der Waals surface area contributed by atoms with Crippen molar-refractivity contribution >= 4 is 0 Å². The molecule has 0 bridgehead atoms. The minimum absolute atomic E-state index is 0.126. The molecule has 0 amide bonds.